The molecular formula is C4H10NO5P. The lowest BCUT2D eigenvalue weighted by Crippen LogP contribution is -2.19. The molecule has 0 aromatic rings. The summed E-state index contributed by atoms with van der Waals surface area (Å²) in [6.45, 7) is 1.70. The van der Waals surface area contributed by atoms with Crippen LogP contribution in [0.4, 0.5) is 4.79 Å². The summed E-state index contributed by atoms with van der Waals surface area (Å²) in [6, 6.07) is 0. The van der Waals surface area contributed by atoms with Gasteiger partial charge in [0.05, 0.1) is 6.61 Å². The third-order valence-corrected chi connectivity index (χ3v) is 2.32. The van der Waals surface area contributed by atoms with Crippen LogP contribution in [0.15, 0.2) is 0 Å². The highest BCUT2D eigenvalue weighted by Gasteiger charge is 2.24. The van der Waals surface area contributed by atoms with Crippen molar-refractivity contribution < 1.29 is 23.5 Å². The maximum absolute atomic E-state index is 11.1. The topological polar surface area (TPSA) is 84.9 Å². The van der Waals surface area contributed by atoms with Crippen LogP contribution < -0.4 is 5.09 Å². The molecule has 0 aliphatic carbocycles. The molecule has 0 rings (SSSR count). The van der Waals surface area contributed by atoms with Gasteiger partial charge in [-0.2, -0.15) is 0 Å². The van der Waals surface area contributed by atoms with E-state index in [2.05, 4.69) is 9.05 Å². The van der Waals surface area contributed by atoms with E-state index in [0.717, 1.165) is 7.11 Å². The second kappa shape index (κ2) is 4.33. The van der Waals surface area contributed by atoms with Crippen molar-refractivity contribution in [1.82, 2.24) is 5.09 Å². The van der Waals surface area contributed by atoms with Gasteiger partial charge in [-0.1, -0.05) is 0 Å². The first-order valence-electron chi connectivity index (χ1n) is 2.85. The molecule has 0 aliphatic rings. The van der Waals surface area contributed by atoms with Crippen molar-refractivity contribution >= 4 is 13.8 Å². The van der Waals surface area contributed by atoms with Crippen LogP contribution in [-0.2, 0) is 13.6 Å². The molecule has 2 N–H and O–H groups in total. The third kappa shape index (κ3) is 3.98. The summed E-state index contributed by atoms with van der Waals surface area (Å²) in [4.78, 5) is 10.0. The van der Waals surface area contributed by atoms with Crippen LogP contribution in [0.1, 0.15) is 6.92 Å². The molecule has 0 radical (unpaired) electrons. The number of amides is 1. The van der Waals surface area contributed by atoms with Crippen LogP contribution >= 0.6 is 7.75 Å². The van der Waals surface area contributed by atoms with Gasteiger partial charge in [-0.25, -0.2) is 14.4 Å². The van der Waals surface area contributed by atoms with Crippen LogP contribution in [0.2, 0.25) is 0 Å². The first kappa shape index (κ1) is 10.4. The van der Waals surface area contributed by atoms with Gasteiger partial charge >= 0.3 is 13.8 Å². The van der Waals surface area contributed by atoms with Gasteiger partial charge in [-0.05, 0) is 6.92 Å². The molecule has 0 aliphatic heterocycles. The van der Waals surface area contributed by atoms with Crippen molar-refractivity contribution in [2.75, 3.05) is 13.7 Å². The standard InChI is InChI=1S/C4H10NO5P/c1-3-10-11(8,9-2)5-4(6)7/h3H2,1-2H3,(H,5,8)(H,6,7). The van der Waals surface area contributed by atoms with Crippen LogP contribution in [0.5, 0.6) is 0 Å². The van der Waals surface area contributed by atoms with E-state index in [1.807, 2.05) is 0 Å². The number of carboxylic acid groups (broad SMARTS) is 1. The fraction of sp³-hybridized carbons (Fsp3) is 0.750. The van der Waals surface area contributed by atoms with Gasteiger partial charge in [0.15, 0.2) is 0 Å². The van der Waals surface area contributed by atoms with Gasteiger partial charge in [0.1, 0.15) is 0 Å². The molecule has 0 aromatic heterocycles. The quantitative estimate of drug-likeness (QED) is 0.636. The van der Waals surface area contributed by atoms with Crippen molar-refractivity contribution in [3.8, 4) is 0 Å². The lowest BCUT2D eigenvalue weighted by atomic mass is 10.9. The van der Waals surface area contributed by atoms with Gasteiger partial charge in [-0.3, -0.25) is 9.05 Å². The van der Waals surface area contributed by atoms with Crippen LogP contribution in [0, 0.1) is 0 Å². The molecular weight excluding hydrogens is 173 g/mol. The molecule has 0 aromatic carbocycles. The Morgan fingerprint density at radius 2 is 2.27 bits per heavy atom. The normalized spacial score (nSPS) is 15.5. The Morgan fingerprint density at radius 1 is 1.73 bits per heavy atom. The van der Waals surface area contributed by atoms with Crippen molar-refractivity contribution in [1.29, 1.82) is 0 Å². The zero-order valence-electron chi connectivity index (χ0n) is 6.23. The van der Waals surface area contributed by atoms with E-state index in [1.165, 1.54) is 0 Å². The Labute approximate surface area is 64.1 Å². The maximum atomic E-state index is 11.1. The summed E-state index contributed by atoms with van der Waals surface area (Å²) < 4.78 is 19.9. The monoisotopic (exact) mass is 183 g/mol. The third-order valence-electron chi connectivity index (χ3n) is 0.772. The predicted molar refractivity (Wildman–Crippen MR) is 37.4 cm³/mol. The summed E-state index contributed by atoms with van der Waals surface area (Å²) in [6.07, 6.45) is -1.44. The molecule has 11 heavy (non-hydrogen) atoms. The molecule has 0 spiro atoms. The number of rotatable bonds is 4. The highest BCUT2D eigenvalue weighted by Crippen LogP contribution is 2.41. The van der Waals surface area contributed by atoms with Crippen molar-refractivity contribution in [3.05, 3.63) is 0 Å². The molecule has 1 unspecified atom stereocenters. The highest BCUT2D eigenvalue weighted by molar-refractivity contribution is 7.52. The summed E-state index contributed by atoms with van der Waals surface area (Å²) in [5, 5.41) is 9.80. The van der Waals surface area contributed by atoms with Crippen molar-refractivity contribution in [2.45, 2.75) is 6.92 Å². The zero-order valence-corrected chi connectivity index (χ0v) is 7.13. The average Bonchev–Trinajstić information content (AvgIpc) is 1.87. The summed E-state index contributed by atoms with van der Waals surface area (Å²) >= 11 is 0. The highest BCUT2D eigenvalue weighted by atomic mass is 31.2. The Bertz CT molecular complexity index is 181. The molecule has 0 saturated carbocycles. The number of carbonyl (C=O) groups is 1. The number of hydrogen-bond donors (Lipinski definition) is 2. The summed E-state index contributed by atoms with van der Waals surface area (Å²) in [5.41, 5.74) is 0. The number of nitrogens with one attached hydrogen (secondary N) is 1. The SMILES string of the molecule is CCOP(=O)(NC(=O)O)OC. The minimum Gasteiger partial charge on any atom is -0.465 e. The minimum absolute atomic E-state index is 0.116. The first-order chi connectivity index (χ1) is 5.04. The molecule has 6 nitrogen and oxygen atoms in total. The van der Waals surface area contributed by atoms with E-state index in [0.29, 0.717) is 0 Å². The molecule has 1 atom stereocenters. The van der Waals surface area contributed by atoms with E-state index >= 15 is 0 Å². The number of hydrogen-bond acceptors (Lipinski definition) is 4. The van der Waals surface area contributed by atoms with E-state index in [9.17, 15) is 9.36 Å². The van der Waals surface area contributed by atoms with Gasteiger partial charge in [0.25, 0.3) is 0 Å². The van der Waals surface area contributed by atoms with Crippen molar-refractivity contribution in [2.24, 2.45) is 0 Å². The van der Waals surface area contributed by atoms with E-state index in [4.69, 9.17) is 5.11 Å². The lowest BCUT2D eigenvalue weighted by Gasteiger charge is -2.13. The first-order valence-corrected chi connectivity index (χ1v) is 4.40. The molecule has 7 heteroatoms. The van der Waals surface area contributed by atoms with Crippen molar-refractivity contribution in [3.63, 3.8) is 0 Å². The van der Waals surface area contributed by atoms with Crippen LogP contribution in [-0.4, -0.2) is 24.9 Å². The van der Waals surface area contributed by atoms with Crippen LogP contribution in [0.25, 0.3) is 0 Å². The predicted octanol–water partition coefficient (Wildman–Crippen LogP) is 1.04. The molecule has 0 heterocycles. The molecule has 66 valence electrons. The average molecular weight is 183 g/mol. The Balaban J connectivity index is 4.10. The fourth-order valence-corrected chi connectivity index (χ4v) is 1.25. The molecule has 0 bridgehead atoms. The van der Waals surface area contributed by atoms with Gasteiger partial charge < -0.3 is 5.11 Å². The van der Waals surface area contributed by atoms with E-state index in [-0.39, 0.29) is 6.61 Å². The van der Waals surface area contributed by atoms with Gasteiger partial charge in [0.2, 0.25) is 0 Å². The zero-order chi connectivity index (χ0) is 8.91. The van der Waals surface area contributed by atoms with Crippen LogP contribution in [0.3, 0.4) is 0 Å². The summed E-state index contributed by atoms with van der Waals surface area (Å²) in [7, 11) is -2.50. The molecule has 0 fully saturated rings. The maximum Gasteiger partial charge on any atom is 0.437 e. The Kier molecular flexibility index (Phi) is 4.10. The minimum atomic E-state index is -3.61. The Hall–Kier alpha value is -0.580. The van der Waals surface area contributed by atoms with E-state index in [1.54, 1.807) is 12.0 Å². The summed E-state index contributed by atoms with van der Waals surface area (Å²) in [5.74, 6) is 0. The van der Waals surface area contributed by atoms with Gasteiger partial charge in [0, 0.05) is 7.11 Å². The molecule has 1 amide bonds. The second-order valence-corrected chi connectivity index (χ2v) is 3.36. The smallest absolute Gasteiger partial charge is 0.437 e. The largest absolute Gasteiger partial charge is 0.465 e. The second-order valence-electron chi connectivity index (χ2n) is 1.51. The fourth-order valence-electron chi connectivity index (χ4n) is 0.418. The van der Waals surface area contributed by atoms with E-state index < -0.39 is 13.8 Å². The van der Waals surface area contributed by atoms with Gasteiger partial charge in [-0.15, -0.1) is 0 Å². The molecule has 0 saturated heterocycles. The lowest BCUT2D eigenvalue weighted by molar-refractivity contribution is 0.189. The Morgan fingerprint density at radius 3 is 2.55 bits per heavy atom.